The average molecular weight is 416 g/mol. The monoisotopic (exact) mass is 415 g/mol. The molecule has 0 bridgehead atoms. The maximum absolute atomic E-state index is 13.1. The van der Waals surface area contributed by atoms with Gasteiger partial charge in [0.15, 0.2) is 0 Å². The first-order chi connectivity index (χ1) is 15.0. The minimum atomic E-state index is -0.126. The molecule has 5 heteroatoms. The zero-order valence-corrected chi connectivity index (χ0v) is 18.4. The number of rotatable bonds is 4. The molecule has 0 radical (unpaired) electrons. The van der Waals surface area contributed by atoms with Gasteiger partial charge in [0.2, 0.25) is 11.8 Å². The molecule has 1 N–H and O–H groups in total. The maximum atomic E-state index is 13.1. The van der Waals surface area contributed by atoms with Gasteiger partial charge in [-0.25, -0.2) is 0 Å². The van der Waals surface area contributed by atoms with Crippen LogP contribution in [0.1, 0.15) is 25.0 Å². The molecule has 1 amide bonds. The molecule has 0 fully saturated rings. The summed E-state index contributed by atoms with van der Waals surface area (Å²) in [6.07, 6.45) is 12.9. The molecule has 2 heterocycles. The summed E-state index contributed by atoms with van der Waals surface area (Å²) in [6.45, 7) is 6.29. The van der Waals surface area contributed by atoms with Crippen LogP contribution in [-0.4, -0.2) is 58.1 Å². The summed E-state index contributed by atoms with van der Waals surface area (Å²) < 4.78 is 1.90. The van der Waals surface area contributed by atoms with Gasteiger partial charge in [-0.2, -0.15) is 0 Å². The predicted molar refractivity (Wildman–Crippen MR) is 126 cm³/mol. The summed E-state index contributed by atoms with van der Waals surface area (Å²) >= 11 is 0. The third-order valence-corrected chi connectivity index (χ3v) is 6.93. The van der Waals surface area contributed by atoms with Gasteiger partial charge < -0.3 is 10.0 Å². The van der Waals surface area contributed by atoms with Crippen molar-refractivity contribution in [3.8, 4) is 0 Å². The van der Waals surface area contributed by atoms with Crippen molar-refractivity contribution in [2.24, 2.45) is 5.92 Å². The molecule has 0 unspecified atom stereocenters. The van der Waals surface area contributed by atoms with Crippen molar-refractivity contribution >= 4 is 28.3 Å². The van der Waals surface area contributed by atoms with E-state index in [2.05, 4.69) is 42.4 Å². The molecule has 2 aromatic rings. The number of hydrogen-bond donors (Lipinski definition) is 1. The minimum absolute atomic E-state index is 0.126. The number of hydrogen-bond acceptors (Lipinski definition) is 3. The molecule has 31 heavy (non-hydrogen) atoms. The third-order valence-electron chi connectivity index (χ3n) is 6.93. The first-order valence-corrected chi connectivity index (χ1v) is 11.2. The van der Waals surface area contributed by atoms with Crippen LogP contribution in [0, 0.1) is 5.92 Å². The molecule has 0 saturated carbocycles. The van der Waals surface area contributed by atoms with E-state index in [0.717, 1.165) is 37.1 Å². The number of amides is 1. The van der Waals surface area contributed by atoms with Crippen molar-refractivity contribution in [2.45, 2.75) is 26.3 Å². The van der Waals surface area contributed by atoms with E-state index in [1.807, 2.05) is 47.6 Å². The number of aliphatic hydroxyl groups excluding tert-OH is 1. The second-order valence-corrected chi connectivity index (χ2v) is 8.62. The fourth-order valence-corrected chi connectivity index (χ4v) is 5.32. The first-order valence-electron chi connectivity index (χ1n) is 11.2. The van der Waals surface area contributed by atoms with Gasteiger partial charge >= 0.3 is 0 Å². The van der Waals surface area contributed by atoms with E-state index in [0.29, 0.717) is 0 Å². The lowest BCUT2D eigenvalue weighted by atomic mass is 9.79. The van der Waals surface area contributed by atoms with Crippen LogP contribution in [0.3, 0.4) is 0 Å². The fourth-order valence-electron chi connectivity index (χ4n) is 5.32. The van der Waals surface area contributed by atoms with E-state index in [9.17, 15) is 9.90 Å². The molecule has 1 aromatic carbocycles. The normalized spacial score (nSPS) is 22.0. The van der Waals surface area contributed by atoms with Crippen molar-refractivity contribution < 1.29 is 9.90 Å². The molecule has 1 aromatic heterocycles. The maximum Gasteiger partial charge on any atom is 0.230 e. The van der Waals surface area contributed by atoms with Crippen LogP contribution in [0.2, 0.25) is 0 Å². The zero-order valence-electron chi connectivity index (χ0n) is 18.4. The second-order valence-electron chi connectivity index (χ2n) is 8.62. The fraction of sp³-hybridized carbons (Fsp3) is 0.346. The molecule has 1 aliphatic heterocycles. The molecular weight excluding hydrogens is 386 g/mol. The number of nitrogens with zero attached hydrogens (tertiary/aromatic N) is 3. The number of carbonyl (C=O) groups excluding carboxylic acids is 1. The molecular formula is C26H29N3O2. The van der Waals surface area contributed by atoms with E-state index in [4.69, 9.17) is 0 Å². The van der Waals surface area contributed by atoms with E-state index >= 15 is 0 Å². The quantitative estimate of drug-likeness (QED) is 0.760. The summed E-state index contributed by atoms with van der Waals surface area (Å²) in [5, 5.41) is 12.1. The Kier molecular flexibility index (Phi) is 4.86. The molecule has 5 nitrogen and oxygen atoms in total. The van der Waals surface area contributed by atoms with Crippen LogP contribution < -0.4 is 0 Å². The molecule has 2 atom stereocenters. The third kappa shape index (κ3) is 3.07. The Morgan fingerprint density at radius 2 is 1.94 bits per heavy atom. The lowest BCUT2D eigenvalue weighted by Crippen LogP contribution is -2.47. The Morgan fingerprint density at radius 1 is 1.19 bits per heavy atom. The summed E-state index contributed by atoms with van der Waals surface area (Å²) in [4.78, 5) is 17.4. The summed E-state index contributed by atoms with van der Waals surface area (Å²) in [5.41, 5.74) is 5.48. The predicted octanol–water partition coefficient (Wildman–Crippen LogP) is 4.23. The highest BCUT2D eigenvalue weighted by molar-refractivity contribution is 6.00. The first kappa shape index (κ1) is 19.9. The van der Waals surface area contributed by atoms with Gasteiger partial charge in [-0.1, -0.05) is 30.4 Å². The summed E-state index contributed by atoms with van der Waals surface area (Å²) in [7, 11) is 2.12. The average Bonchev–Trinajstić information content (AvgIpc) is 3.44. The van der Waals surface area contributed by atoms with Gasteiger partial charge in [-0.05, 0) is 62.2 Å². The number of allylic oxidation sites excluding steroid dienone is 5. The van der Waals surface area contributed by atoms with Crippen molar-refractivity contribution in [2.75, 3.05) is 26.7 Å². The summed E-state index contributed by atoms with van der Waals surface area (Å²) in [6, 6.07) is 6.52. The minimum Gasteiger partial charge on any atom is -0.494 e. The molecule has 5 rings (SSSR count). The van der Waals surface area contributed by atoms with Gasteiger partial charge in [0.05, 0.1) is 11.4 Å². The molecule has 2 aliphatic carbocycles. The SMILES string of the molecule is CCN(CC)C(=O)[C@@H]1C=C2c3cccc4c3c(cn4C(O)=C3C=CC=C3)C[C@H]2N(C)C1. The number of aliphatic hydroxyl groups is 1. The number of benzene rings is 1. The lowest BCUT2D eigenvalue weighted by molar-refractivity contribution is -0.134. The van der Waals surface area contributed by atoms with Gasteiger partial charge in [-0.3, -0.25) is 14.3 Å². The molecule has 3 aliphatic rings. The topological polar surface area (TPSA) is 48.7 Å². The van der Waals surface area contributed by atoms with Crippen molar-refractivity contribution in [1.29, 1.82) is 0 Å². The van der Waals surface area contributed by atoms with E-state index < -0.39 is 0 Å². The Morgan fingerprint density at radius 3 is 2.65 bits per heavy atom. The van der Waals surface area contributed by atoms with E-state index in [1.54, 1.807) is 0 Å². The molecule has 0 saturated heterocycles. The number of fused-ring (bicyclic) bond motifs is 2. The highest BCUT2D eigenvalue weighted by Crippen LogP contribution is 2.42. The van der Waals surface area contributed by atoms with Crippen LogP contribution in [0.25, 0.3) is 22.4 Å². The van der Waals surface area contributed by atoms with Crippen LogP contribution in [-0.2, 0) is 11.2 Å². The lowest BCUT2D eigenvalue weighted by Gasteiger charge is -2.40. The number of aromatic nitrogens is 1. The van der Waals surface area contributed by atoms with Crippen LogP contribution in [0.5, 0.6) is 0 Å². The zero-order chi connectivity index (χ0) is 21.7. The Labute approximate surface area is 183 Å². The van der Waals surface area contributed by atoms with Gasteiger partial charge in [0, 0.05) is 42.8 Å². The Bertz CT molecular complexity index is 1160. The Balaban J connectivity index is 1.64. The largest absolute Gasteiger partial charge is 0.494 e. The molecule has 0 spiro atoms. The highest BCUT2D eigenvalue weighted by atomic mass is 16.3. The highest BCUT2D eigenvalue weighted by Gasteiger charge is 2.37. The van der Waals surface area contributed by atoms with Crippen LogP contribution in [0.15, 0.2) is 60.3 Å². The van der Waals surface area contributed by atoms with Gasteiger partial charge in [-0.15, -0.1) is 0 Å². The van der Waals surface area contributed by atoms with E-state index in [1.165, 1.54) is 22.1 Å². The Hall–Kier alpha value is -3.05. The number of likely N-dealkylation sites (N-methyl/N-ethyl adjacent to an activating group) is 1. The summed E-state index contributed by atoms with van der Waals surface area (Å²) in [5.74, 6) is 0.333. The van der Waals surface area contributed by atoms with Crippen molar-refractivity contribution in [3.63, 3.8) is 0 Å². The van der Waals surface area contributed by atoms with Crippen LogP contribution in [0.4, 0.5) is 0 Å². The van der Waals surface area contributed by atoms with Gasteiger partial charge in [0.1, 0.15) is 0 Å². The van der Waals surface area contributed by atoms with Crippen molar-refractivity contribution in [3.05, 3.63) is 71.5 Å². The number of carbonyl (C=O) groups is 1. The van der Waals surface area contributed by atoms with Crippen molar-refractivity contribution in [1.82, 2.24) is 14.4 Å². The standard InChI is InChI=1S/C26H29N3O2/c1-4-28(5-2)25(30)19-13-21-20-11-8-12-22-24(20)18(14-23(21)27(3)15-19)16-29(22)26(31)17-9-6-7-10-17/h6-13,16,19,23,31H,4-5,14-15H2,1-3H3/t19-,23-/m1/s1. The van der Waals surface area contributed by atoms with Crippen LogP contribution >= 0.6 is 0 Å². The second kappa shape index (κ2) is 7.57. The van der Waals surface area contributed by atoms with Gasteiger partial charge in [0.25, 0.3) is 0 Å². The van der Waals surface area contributed by atoms with E-state index in [-0.39, 0.29) is 23.8 Å². The smallest absolute Gasteiger partial charge is 0.230 e. The molecule has 160 valence electrons.